The van der Waals surface area contributed by atoms with Crippen LogP contribution < -0.4 is 21.3 Å². The number of carbonyl (C=O) groups is 3. The van der Waals surface area contributed by atoms with E-state index in [1.165, 1.54) is 6.92 Å². The fourth-order valence-electron chi connectivity index (χ4n) is 4.88. The Morgan fingerprint density at radius 2 is 1.42 bits per heavy atom. The van der Waals surface area contributed by atoms with Gasteiger partial charge in [-0.05, 0) is 64.2 Å². The molecule has 2 aliphatic rings. The van der Waals surface area contributed by atoms with E-state index in [0.29, 0.717) is 12.8 Å². The van der Waals surface area contributed by atoms with Crippen LogP contribution in [-0.4, -0.2) is 76.6 Å². The second-order valence-electron chi connectivity index (χ2n) is 12.3. The molecule has 0 bridgehead atoms. The number of carbonyl (C=O) groups excluding carboxylic acids is 3. The lowest BCUT2D eigenvalue weighted by Gasteiger charge is -2.34. The molecule has 0 fully saturated rings. The first-order valence-corrected chi connectivity index (χ1v) is 17.2. The highest BCUT2D eigenvalue weighted by Crippen LogP contribution is 2.12. The molecule has 11 heteroatoms. The summed E-state index contributed by atoms with van der Waals surface area (Å²) in [7, 11) is 0. The van der Waals surface area contributed by atoms with Gasteiger partial charge in [-0.2, -0.15) is 4.99 Å². The zero-order chi connectivity index (χ0) is 35.1. The summed E-state index contributed by atoms with van der Waals surface area (Å²) in [4.78, 5) is 47.0. The van der Waals surface area contributed by atoms with Gasteiger partial charge in [-0.1, -0.05) is 93.7 Å². The lowest BCUT2D eigenvalue weighted by atomic mass is 10.0. The van der Waals surface area contributed by atoms with E-state index in [2.05, 4.69) is 98.9 Å². The number of hydrogen-bond donors (Lipinski definition) is 6. The van der Waals surface area contributed by atoms with Crippen LogP contribution in [0.5, 0.6) is 0 Å². The Labute approximate surface area is 286 Å². The molecule has 0 aromatic heterocycles. The van der Waals surface area contributed by atoms with Crippen molar-refractivity contribution in [1.82, 2.24) is 21.3 Å². The van der Waals surface area contributed by atoms with Crippen molar-refractivity contribution in [3.63, 3.8) is 0 Å². The third kappa shape index (κ3) is 16.3. The topological polar surface area (TPSA) is 165 Å². The Hall–Kier alpha value is -3.93. The number of rotatable bonds is 20. The Bertz CT molecular complexity index is 1260. The summed E-state index contributed by atoms with van der Waals surface area (Å²) in [6.45, 7) is 7.61. The summed E-state index contributed by atoms with van der Waals surface area (Å²) in [6, 6.07) is -2.34. The lowest BCUT2D eigenvalue weighted by Crippen LogP contribution is -2.65. The Morgan fingerprint density at radius 3 is 1.94 bits per heavy atom. The minimum Gasteiger partial charge on any atom is -0.391 e. The van der Waals surface area contributed by atoms with Crippen molar-refractivity contribution in [3.8, 4) is 0 Å². The highest BCUT2D eigenvalue weighted by Gasteiger charge is 2.38. The van der Waals surface area contributed by atoms with Crippen LogP contribution in [0, 0.1) is 5.92 Å². The number of hydrogen-bond acceptors (Lipinski definition) is 8. The predicted octanol–water partition coefficient (Wildman–Crippen LogP) is 4.08. The first-order chi connectivity index (χ1) is 23.1. The van der Waals surface area contributed by atoms with E-state index >= 15 is 0 Å². The van der Waals surface area contributed by atoms with E-state index in [0.717, 1.165) is 38.5 Å². The van der Waals surface area contributed by atoms with Gasteiger partial charge in [-0.15, -0.1) is 0 Å². The molecule has 2 aliphatic heterocycles. The van der Waals surface area contributed by atoms with Gasteiger partial charge in [0.1, 0.15) is 12.1 Å². The van der Waals surface area contributed by atoms with Gasteiger partial charge in [0.15, 0.2) is 5.84 Å². The molecular weight excluding hydrogens is 608 g/mol. The summed E-state index contributed by atoms with van der Waals surface area (Å²) < 4.78 is 0. The molecular formula is C37H56N6O5. The molecule has 0 spiro atoms. The first kappa shape index (κ1) is 40.2. The SMILES string of the molecule is CCC=CCC=CCC=CCC=CCC=CCC=CCCC(=O)N[C@@H](CC(C)C)C(=O)NC1=NC2=NC[C@H]([C@@H](O)[C@H](C)O)NC2C(=O)N1. The number of nitrogens with zero attached hydrogens (tertiary/aromatic N) is 2. The van der Waals surface area contributed by atoms with Crippen molar-refractivity contribution in [2.24, 2.45) is 15.9 Å². The monoisotopic (exact) mass is 664 g/mol. The van der Waals surface area contributed by atoms with Crippen molar-refractivity contribution in [1.29, 1.82) is 0 Å². The molecule has 264 valence electrons. The van der Waals surface area contributed by atoms with Crippen LogP contribution in [0.3, 0.4) is 0 Å². The smallest absolute Gasteiger partial charge is 0.251 e. The van der Waals surface area contributed by atoms with Crippen molar-refractivity contribution in [3.05, 3.63) is 72.9 Å². The predicted molar refractivity (Wildman–Crippen MR) is 193 cm³/mol. The summed E-state index contributed by atoms with van der Waals surface area (Å²) in [6.07, 6.45) is 30.3. The number of amidine groups is 1. The zero-order valence-corrected chi connectivity index (χ0v) is 29.0. The molecule has 2 heterocycles. The van der Waals surface area contributed by atoms with Crippen LogP contribution in [0.25, 0.3) is 0 Å². The lowest BCUT2D eigenvalue weighted by molar-refractivity contribution is -0.128. The van der Waals surface area contributed by atoms with Gasteiger partial charge in [0.25, 0.3) is 5.91 Å². The highest BCUT2D eigenvalue weighted by atomic mass is 16.3. The van der Waals surface area contributed by atoms with E-state index in [1.807, 2.05) is 26.0 Å². The second-order valence-corrected chi connectivity index (χ2v) is 12.3. The standard InChI is InChI=1S/C37H56N6O5/c1-5-6-7-8-9-10-11-12-13-14-15-16-17-18-19-20-21-22-23-24-31(45)39-29(25-27(2)3)35(47)42-37-41-34-32(36(48)43-37)40-30(26-38-34)33(46)28(4)44/h6-7,9-10,12-13,15-16,18-19,21-22,27-30,32-33,40,44,46H,5,8,11,14,17,20,23-26H2,1-4H3,(H,39,45)(H2,38,41,42,43,47,48)/t28-,29-,30+,32?,33-/m0/s1. The minimum absolute atomic E-state index is 0.0719. The second kappa shape index (κ2) is 23.4. The van der Waals surface area contributed by atoms with Gasteiger partial charge >= 0.3 is 0 Å². The minimum atomic E-state index is -1.10. The van der Waals surface area contributed by atoms with Crippen LogP contribution in [0.1, 0.15) is 85.5 Å². The quantitative estimate of drug-likeness (QED) is 0.107. The van der Waals surface area contributed by atoms with Crippen LogP contribution >= 0.6 is 0 Å². The molecule has 3 amide bonds. The number of guanidine groups is 1. The maximum Gasteiger partial charge on any atom is 0.251 e. The zero-order valence-electron chi connectivity index (χ0n) is 29.0. The fourth-order valence-corrected chi connectivity index (χ4v) is 4.88. The Kier molecular flexibility index (Phi) is 19.6. The molecule has 0 saturated carbocycles. The van der Waals surface area contributed by atoms with E-state index < -0.39 is 42.1 Å². The number of nitrogens with one attached hydrogen (secondary N) is 4. The molecule has 6 N–H and O–H groups in total. The van der Waals surface area contributed by atoms with E-state index in [1.54, 1.807) is 0 Å². The average Bonchev–Trinajstić information content (AvgIpc) is 3.04. The molecule has 11 nitrogen and oxygen atoms in total. The highest BCUT2D eigenvalue weighted by molar-refractivity contribution is 6.22. The van der Waals surface area contributed by atoms with Gasteiger partial charge in [0.2, 0.25) is 17.8 Å². The summed E-state index contributed by atoms with van der Waals surface area (Å²) in [5.41, 5.74) is 0. The van der Waals surface area contributed by atoms with Gasteiger partial charge < -0.3 is 15.5 Å². The number of aliphatic hydroxyl groups is 2. The van der Waals surface area contributed by atoms with Crippen molar-refractivity contribution in [2.45, 2.75) is 116 Å². The maximum atomic E-state index is 13.1. The summed E-state index contributed by atoms with van der Waals surface area (Å²) in [5.74, 6) is -1.01. The van der Waals surface area contributed by atoms with Crippen LogP contribution in [0.2, 0.25) is 0 Å². The molecule has 1 unspecified atom stereocenters. The average molecular weight is 665 g/mol. The molecule has 0 radical (unpaired) electrons. The summed E-state index contributed by atoms with van der Waals surface area (Å²) in [5, 5.41) is 30.7. The molecule has 48 heavy (non-hydrogen) atoms. The van der Waals surface area contributed by atoms with Gasteiger partial charge in [-0.3, -0.25) is 35.3 Å². The Balaban J connectivity index is 1.71. The van der Waals surface area contributed by atoms with Crippen LogP contribution in [0.4, 0.5) is 0 Å². The van der Waals surface area contributed by atoms with E-state index in [9.17, 15) is 24.6 Å². The number of aliphatic hydroxyl groups excluding tert-OH is 2. The largest absolute Gasteiger partial charge is 0.391 e. The normalized spacial score (nSPS) is 20.5. The maximum absolute atomic E-state index is 13.1. The molecule has 0 aliphatic carbocycles. The number of fused-ring (bicyclic) bond motifs is 1. The van der Waals surface area contributed by atoms with Gasteiger partial charge in [-0.25, -0.2) is 0 Å². The molecule has 2 rings (SSSR count). The Morgan fingerprint density at radius 1 is 0.875 bits per heavy atom. The van der Waals surface area contributed by atoms with E-state index in [4.69, 9.17) is 0 Å². The third-order valence-electron chi connectivity index (χ3n) is 7.46. The van der Waals surface area contributed by atoms with Crippen LogP contribution in [0.15, 0.2) is 82.9 Å². The molecule has 0 aromatic rings. The van der Waals surface area contributed by atoms with Crippen molar-refractivity contribution < 1.29 is 24.6 Å². The number of amides is 3. The van der Waals surface area contributed by atoms with Crippen molar-refractivity contribution in [2.75, 3.05) is 6.54 Å². The first-order valence-electron chi connectivity index (χ1n) is 17.2. The molecule has 5 atom stereocenters. The number of allylic oxidation sites excluding steroid dienone is 12. The fraction of sp³-hybridized carbons (Fsp3) is 0.541. The van der Waals surface area contributed by atoms with Gasteiger partial charge in [0.05, 0.1) is 24.8 Å². The molecule has 0 saturated heterocycles. The van der Waals surface area contributed by atoms with Crippen LogP contribution in [-0.2, 0) is 14.4 Å². The van der Waals surface area contributed by atoms with Gasteiger partial charge in [0, 0.05) is 6.42 Å². The summed E-state index contributed by atoms with van der Waals surface area (Å²) >= 11 is 0. The van der Waals surface area contributed by atoms with E-state index in [-0.39, 0.29) is 36.6 Å². The third-order valence-corrected chi connectivity index (χ3v) is 7.46. The molecule has 0 aromatic carbocycles. The number of aliphatic imine (C=N–C) groups is 2. The van der Waals surface area contributed by atoms with Crippen molar-refractivity contribution >= 4 is 29.5 Å².